The van der Waals surface area contributed by atoms with Gasteiger partial charge in [0.15, 0.2) is 5.84 Å². The molecule has 0 bridgehead atoms. The number of methoxy groups -OCH3 is 2. The molecule has 0 saturated heterocycles. The summed E-state index contributed by atoms with van der Waals surface area (Å²) in [6.07, 6.45) is 0. The standard InChI is InChI=1S/C18H19N3O5S/c1-21(18-15-6-4-5-7-16(15)27(23,24)20-18)11-17(22)19-12-8-13(25-2)10-14(9-12)26-3/h4-10H,11H2,1-3H3,(H,19,22). The van der Waals surface area contributed by atoms with Crippen molar-refractivity contribution < 1.29 is 22.7 Å². The molecule has 0 saturated carbocycles. The number of nitrogens with one attached hydrogen (secondary N) is 1. The summed E-state index contributed by atoms with van der Waals surface area (Å²) in [6, 6.07) is 11.5. The SMILES string of the molecule is COc1cc(NC(=O)CN(C)C2=NS(=O)(=O)c3ccccc32)cc(OC)c1. The highest BCUT2D eigenvalue weighted by atomic mass is 32.2. The van der Waals surface area contributed by atoms with Crippen LogP contribution in [0, 0.1) is 0 Å². The predicted molar refractivity (Wildman–Crippen MR) is 101 cm³/mol. The van der Waals surface area contributed by atoms with Crippen LogP contribution in [0.15, 0.2) is 51.8 Å². The van der Waals surface area contributed by atoms with Crippen molar-refractivity contribution in [3.05, 3.63) is 48.0 Å². The van der Waals surface area contributed by atoms with Crippen LogP contribution in [0.5, 0.6) is 11.5 Å². The van der Waals surface area contributed by atoms with Gasteiger partial charge in [-0.1, -0.05) is 12.1 Å². The Bertz CT molecular complexity index is 995. The highest BCUT2D eigenvalue weighted by Gasteiger charge is 2.30. The highest BCUT2D eigenvalue weighted by Crippen LogP contribution is 2.27. The van der Waals surface area contributed by atoms with E-state index >= 15 is 0 Å². The fourth-order valence-corrected chi connectivity index (χ4v) is 3.99. The van der Waals surface area contributed by atoms with Gasteiger partial charge >= 0.3 is 0 Å². The zero-order valence-electron chi connectivity index (χ0n) is 15.1. The van der Waals surface area contributed by atoms with Gasteiger partial charge in [0.2, 0.25) is 5.91 Å². The summed E-state index contributed by atoms with van der Waals surface area (Å²) in [5, 5.41) is 2.75. The van der Waals surface area contributed by atoms with Gasteiger partial charge in [-0.25, -0.2) is 0 Å². The molecule has 3 rings (SSSR count). The van der Waals surface area contributed by atoms with Crippen LogP contribution < -0.4 is 14.8 Å². The number of ether oxygens (including phenoxy) is 2. The van der Waals surface area contributed by atoms with Crippen LogP contribution in [0.25, 0.3) is 0 Å². The van der Waals surface area contributed by atoms with Crippen molar-refractivity contribution in [3.8, 4) is 11.5 Å². The van der Waals surface area contributed by atoms with Gasteiger partial charge in [-0.15, -0.1) is 4.40 Å². The molecule has 0 fully saturated rings. The number of anilines is 1. The summed E-state index contributed by atoms with van der Waals surface area (Å²) < 4.78 is 38.4. The maximum Gasteiger partial charge on any atom is 0.285 e. The molecule has 1 N–H and O–H groups in total. The molecule has 2 aromatic rings. The number of rotatable bonds is 5. The van der Waals surface area contributed by atoms with Crippen molar-refractivity contribution in [1.29, 1.82) is 0 Å². The second kappa shape index (κ2) is 7.28. The highest BCUT2D eigenvalue weighted by molar-refractivity contribution is 7.90. The molecule has 142 valence electrons. The molecule has 27 heavy (non-hydrogen) atoms. The Kier molecular flexibility index (Phi) is 5.04. The monoisotopic (exact) mass is 389 g/mol. The van der Waals surface area contributed by atoms with Crippen molar-refractivity contribution in [1.82, 2.24) is 4.90 Å². The summed E-state index contributed by atoms with van der Waals surface area (Å²) in [5.74, 6) is 0.984. The van der Waals surface area contributed by atoms with Gasteiger partial charge in [0.05, 0.1) is 20.8 Å². The van der Waals surface area contributed by atoms with Gasteiger partial charge in [0, 0.05) is 36.5 Å². The van der Waals surface area contributed by atoms with E-state index < -0.39 is 10.0 Å². The molecule has 1 aliphatic heterocycles. The van der Waals surface area contributed by atoms with E-state index in [1.807, 2.05) is 0 Å². The molecular formula is C18H19N3O5S. The minimum absolute atomic E-state index is 0.0811. The molecule has 0 aromatic heterocycles. The summed E-state index contributed by atoms with van der Waals surface area (Å²) in [6.45, 7) is -0.0811. The van der Waals surface area contributed by atoms with E-state index in [0.29, 0.717) is 22.7 Å². The Labute approximate surface area is 157 Å². The van der Waals surface area contributed by atoms with E-state index in [1.54, 1.807) is 43.4 Å². The van der Waals surface area contributed by atoms with Crippen molar-refractivity contribution in [3.63, 3.8) is 0 Å². The summed E-state index contributed by atoms with van der Waals surface area (Å²) in [7, 11) is 0.919. The Morgan fingerprint density at radius 3 is 2.37 bits per heavy atom. The first-order valence-electron chi connectivity index (χ1n) is 8.02. The van der Waals surface area contributed by atoms with Crippen LogP contribution in [0.4, 0.5) is 5.69 Å². The van der Waals surface area contributed by atoms with Gasteiger partial charge in [-0.2, -0.15) is 8.42 Å². The average Bonchev–Trinajstić information content (AvgIpc) is 2.93. The normalized spacial score (nSPS) is 14.1. The molecule has 8 nitrogen and oxygen atoms in total. The Hall–Kier alpha value is -3.07. The molecule has 0 radical (unpaired) electrons. The fraction of sp³-hybridized carbons (Fsp3) is 0.222. The number of fused-ring (bicyclic) bond motifs is 1. The number of nitrogens with zero attached hydrogens (tertiary/aromatic N) is 2. The van der Waals surface area contributed by atoms with E-state index in [0.717, 1.165) is 0 Å². The quantitative estimate of drug-likeness (QED) is 0.836. The lowest BCUT2D eigenvalue weighted by atomic mass is 10.2. The van der Waals surface area contributed by atoms with Gasteiger partial charge in [-0.3, -0.25) is 4.79 Å². The Morgan fingerprint density at radius 1 is 1.11 bits per heavy atom. The molecule has 0 unspecified atom stereocenters. The minimum atomic E-state index is -3.73. The van der Waals surface area contributed by atoms with E-state index in [2.05, 4.69) is 9.71 Å². The first-order valence-corrected chi connectivity index (χ1v) is 9.46. The molecular weight excluding hydrogens is 370 g/mol. The lowest BCUT2D eigenvalue weighted by Crippen LogP contribution is -2.34. The van der Waals surface area contributed by atoms with Crippen molar-refractivity contribution in [2.24, 2.45) is 4.40 Å². The fourth-order valence-electron chi connectivity index (χ4n) is 2.73. The number of benzene rings is 2. The first kappa shape index (κ1) is 18.7. The maximum atomic E-state index is 12.4. The lowest BCUT2D eigenvalue weighted by molar-refractivity contribution is -0.116. The maximum absolute atomic E-state index is 12.4. The van der Waals surface area contributed by atoms with Gasteiger partial charge < -0.3 is 19.7 Å². The molecule has 2 aromatic carbocycles. The van der Waals surface area contributed by atoms with Crippen molar-refractivity contribution in [2.45, 2.75) is 4.90 Å². The third kappa shape index (κ3) is 3.87. The van der Waals surface area contributed by atoms with Gasteiger partial charge in [-0.05, 0) is 12.1 Å². The second-order valence-corrected chi connectivity index (χ2v) is 7.46. The smallest absolute Gasteiger partial charge is 0.285 e. The minimum Gasteiger partial charge on any atom is -0.497 e. The number of hydrogen-bond donors (Lipinski definition) is 1. The molecule has 0 spiro atoms. The number of likely N-dealkylation sites (N-methyl/N-ethyl adjacent to an activating group) is 1. The zero-order valence-corrected chi connectivity index (χ0v) is 15.9. The second-order valence-electron chi connectivity index (χ2n) is 5.89. The van der Waals surface area contributed by atoms with E-state index in [4.69, 9.17) is 9.47 Å². The number of sulfonamides is 1. The summed E-state index contributed by atoms with van der Waals surface area (Å²) >= 11 is 0. The van der Waals surface area contributed by atoms with Crippen LogP contribution in [-0.2, 0) is 14.8 Å². The number of carbonyl (C=O) groups is 1. The van der Waals surface area contributed by atoms with Crippen LogP contribution in [0.1, 0.15) is 5.56 Å². The Balaban J connectivity index is 1.76. The molecule has 1 heterocycles. The molecule has 9 heteroatoms. The molecule has 0 aliphatic carbocycles. The third-order valence-electron chi connectivity index (χ3n) is 3.99. The number of amides is 1. The lowest BCUT2D eigenvalue weighted by Gasteiger charge is -2.18. The first-order chi connectivity index (χ1) is 12.8. The average molecular weight is 389 g/mol. The summed E-state index contributed by atoms with van der Waals surface area (Å²) in [5.41, 5.74) is 0.988. The van der Waals surface area contributed by atoms with E-state index in [9.17, 15) is 13.2 Å². The number of hydrogen-bond acceptors (Lipinski definition) is 6. The zero-order chi connectivity index (χ0) is 19.6. The Morgan fingerprint density at radius 2 is 1.74 bits per heavy atom. The largest absolute Gasteiger partial charge is 0.497 e. The third-order valence-corrected chi connectivity index (χ3v) is 5.32. The number of amidine groups is 1. The van der Waals surface area contributed by atoms with E-state index in [1.165, 1.54) is 25.2 Å². The van der Waals surface area contributed by atoms with E-state index in [-0.39, 0.29) is 23.2 Å². The molecule has 1 aliphatic rings. The van der Waals surface area contributed by atoms with Crippen LogP contribution >= 0.6 is 0 Å². The molecule has 1 amide bonds. The van der Waals surface area contributed by atoms with Crippen LogP contribution in [-0.4, -0.2) is 52.9 Å². The summed E-state index contributed by atoms with van der Waals surface area (Å²) in [4.78, 5) is 14.1. The van der Waals surface area contributed by atoms with Gasteiger partial charge in [0.1, 0.15) is 16.4 Å². The predicted octanol–water partition coefficient (Wildman–Crippen LogP) is 1.72. The van der Waals surface area contributed by atoms with Crippen molar-refractivity contribution in [2.75, 3.05) is 33.1 Å². The topological polar surface area (TPSA) is 97.3 Å². The molecule has 0 atom stereocenters. The van der Waals surface area contributed by atoms with Gasteiger partial charge in [0.25, 0.3) is 10.0 Å². The van der Waals surface area contributed by atoms with Crippen molar-refractivity contribution >= 4 is 27.5 Å². The van der Waals surface area contributed by atoms with Crippen LogP contribution in [0.3, 0.4) is 0 Å². The van der Waals surface area contributed by atoms with Crippen LogP contribution in [0.2, 0.25) is 0 Å². The number of carbonyl (C=O) groups excluding carboxylic acids is 1.